The second-order valence-electron chi connectivity index (χ2n) is 7.19. The van der Waals surface area contributed by atoms with Gasteiger partial charge in [0.1, 0.15) is 0 Å². The Labute approximate surface area is 148 Å². The lowest BCUT2D eigenvalue weighted by Gasteiger charge is -2.51. The molecule has 0 radical (unpaired) electrons. The second-order valence-corrected chi connectivity index (χ2v) is 7.19. The maximum atomic E-state index is 11.6. The summed E-state index contributed by atoms with van der Waals surface area (Å²) in [5, 5.41) is 8.88. The van der Waals surface area contributed by atoms with E-state index >= 15 is 0 Å². The van der Waals surface area contributed by atoms with E-state index in [1.165, 1.54) is 0 Å². The van der Waals surface area contributed by atoms with Crippen molar-refractivity contribution < 1.29 is 19.4 Å². The number of ether oxygens (including phenoxy) is 1. The Bertz CT molecular complexity index is 353. The average molecular weight is 343 g/mol. The molecule has 0 aliphatic carbocycles. The highest BCUT2D eigenvalue weighted by Gasteiger charge is 2.49. The molecule has 24 heavy (non-hydrogen) atoms. The smallest absolute Gasteiger partial charge is 0.417 e. The average Bonchev–Trinajstić information content (AvgIpc) is 2.53. The van der Waals surface area contributed by atoms with Crippen LogP contribution in [0, 0.1) is 10.8 Å². The molecule has 0 aromatic carbocycles. The molecule has 0 aromatic heterocycles. The largest absolute Gasteiger partial charge is 0.473 e. The molecule has 0 atom stereocenters. The highest BCUT2D eigenvalue weighted by Crippen LogP contribution is 2.55. The number of carboxylic acid groups (broad SMARTS) is 1. The monoisotopic (exact) mass is 342 g/mol. The molecule has 0 spiro atoms. The summed E-state index contributed by atoms with van der Waals surface area (Å²) in [5.74, 6) is -2.62. The van der Waals surface area contributed by atoms with Gasteiger partial charge < -0.3 is 9.84 Å². The van der Waals surface area contributed by atoms with Crippen molar-refractivity contribution in [1.82, 2.24) is 0 Å². The summed E-state index contributed by atoms with van der Waals surface area (Å²) in [5.41, 5.74) is -0.000304. The first kappa shape index (κ1) is 22.9. The third-order valence-electron chi connectivity index (χ3n) is 5.42. The van der Waals surface area contributed by atoms with E-state index in [4.69, 9.17) is 9.84 Å². The molecule has 4 heteroatoms. The minimum absolute atomic E-state index is 0.121. The van der Waals surface area contributed by atoms with Gasteiger partial charge in [-0.05, 0) is 37.5 Å². The molecule has 0 rings (SSSR count). The number of carbonyl (C=O) groups is 2. The van der Waals surface area contributed by atoms with Gasteiger partial charge in [-0.2, -0.15) is 0 Å². The number of rotatable bonds is 13. The van der Waals surface area contributed by atoms with Crippen molar-refractivity contribution in [2.45, 2.75) is 98.8 Å². The third kappa shape index (κ3) is 5.78. The summed E-state index contributed by atoms with van der Waals surface area (Å²) in [4.78, 5) is 22.5. The number of esters is 1. The van der Waals surface area contributed by atoms with Gasteiger partial charge in [0.15, 0.2) is 0 Å². The summed E-state index contributed by atoms with van der Waals surface area (Å²) in [6.07, 6.45) is 10.6. The van der Waals surface area contributed by atoms with Crippen LogP contribution in [0.5, 0.6) is 0 Å². The van der Waals surface area contributed by atoms with E-state index in [0.717, 1.165) is 64.2 Å². The van der Waals surface area contributed by atoms with E-state index in [1.54, 1.807) is 0 Å². The number of carbonyl (C=O) groups excluding carboxylic acids is 1. The van der Waals surface area contributed by atoms with Crippen molar-refractivity contribution >= 4 is 11.9 Å². The minimum Gasteiger partial charge on any atom is -0.473 e. The van der Waals surface area contributed by atoms with Crippen LogP contribution in [-0.4, -0.2) is 23.7 Å². The van der Waals surface area contributed by atoms with Crippen molar-refractivity contribution in [3.8, 4) is 0 Å². The lowest BCUT2D eigenvalue weighted by molar-refractivity contribution is -0.170. The highest BCUT2D eigenvalue weighted by molar-refractivity contribution is 6.28. The highest BCUT2D eigenvalue weighted by atomic mass is 16.6. The Morgan fingerprint density at radius 2 is 1.04 bits per heavy atom. The van der Waals surface area contributed by atoms with Crippen LogP contribution in [0.25, 0.3) is 0 Å². The minimum atomic E-state index is -1.50. The molecule has 0 saturated carbocycles. The van der Waals surface area contributed by atoms with Crippen LogP contribution in [0.4, 0.5) is 0 Å². The molecule has 0 aromatic rings. The molecule has 0 aliphatic rings. The van der Waals surface area contributed by atoms with Crippen LogP contribution in [-0.2, 0) is 14.3 Å². The fourth-order valence-electron chi connectivity index (χ4n) is 4.78. The van der Waals surface area contributed by atoms with Crippen LogP contribution in [0.15, 0.2) is 0 Å². The summed E-state index contributed by atoms with van der Waals surface area (Å²) >= 11 is 0. The van der Waals surface area contributed by atoms with Gasteiger partial charge in [-0.15, -0.1) is 0 Å². The van der Waals surface area contributed by atoms with Gasteiger partial charge in [0.25, 0.3) is 0 Å². The van der Waals surface area contributed by atoms with Gasteiger partial charge in [-0.25, -0.2) is 9.59 Å². The van der Waals surface area contributed by atoms with Crippen LogP contribution in [0.1, 0.15) is 98.8 Å². The van der Waals surface area contributed by atoms with Crippen LogP contribution < -0.4 is 0 Å². The van der Waals surface area contributed by atoms with E-state index in [0.29, 0.717) is 0 Å². The molecule has 142 valence electrons. The van der Waals surface area contributed by atoms with Gasteiger partial charge >= 0.3 is 11.9 Å². The Hall–Kier alpha value is -1.06. The second kappa shape index (κ2) is 11.5. The van der Waals surface area contributed by atoms with E-state index in [-0.39, 0.29) is 17.4 Å². The Kier molecular flexibility index (Phi) is 11.0. The van der Waals surface area contributed by atoms with Crippen LogP contribution in [0.2, 0.25) is 0 Å². The molecule has 4 nitrogen and oxygen atoms in total. The maximum absolute atomic E-state index is 11.6. The predicted molar refractivity (Wildman–Crippen MR) is 98.0 cm³/mol. The summed E-state index contributed by atoms with van der Waals surface area (Å²) in [6.45, 7) is 11.2. The molecular weight excluding hydrogens is 304 g/mol. The van der Waals surface area contributed by atoms with Crippen molar-refractivity contribution in [2.75, 3.05) is 6.61 Å². The number of hydrogen-bond acceptors (Lipinski definition) is 3. The standard InChI is InChI=1S/C20H38O4/c1-6-11-19(12-7-2,13-8-3)20(14-9-4,15-10-5)16-24-18(23)17(21)22/h6-16H2,1-5H3,(H,21,22). The first-order valence-electron chi connectivity index (χ1n) is 9.78. The Morgan fingerprint density at radius 1 is 0.708 bits per heavy atom. The Balaban J connectivity index is 5.85. The fraction of sp³-hybridized carbons (Fsp3) is 0.900. The fourth-order valence-corrected chi connectivity index (χ4v) is 4.78. The van der Waals surface area contributed by atoms with E-state index < -0.39 is 11.9 Å². The normalized spacial score (nSPS) is 12.2. The van der Waals surface area contributed by atoms with Gasteiger partial charge in [0, 0.05) is 5.41 Å². The summed E-state index contributed by atoms with van der Waals surface area (Å²) in [7, 11) is 0. The van der Waals surface area contributed by atoms with E-state index in [9.17, 15) is 9.59 Å². The third-order valence-corrected chi connectivity index (χ3v) is 5.42. The molecule has 0 amide bonds. The van der Waals surface area contributed by atoms with Gasteiger partial charge in [-0.1, -0.05) is 66.7 Å². The summed E-state index contributed by atoms with van der Waals surface area (Å²) < 4.78 is 5.28. The van der Waals surface area contributed by atoms with Crippen LogP contribution >= 0.6 is 0 Å². The van der Waals surface area contributed by atoms with Gasteiger partial charge in [-0.3, -0.25) is 0 Å². The molecule has 0 aliphatic heterocycles. The molecule has 0 fully saturated rings. The molecule has 0 heterocycles. The van der Waals surface area contributed by atoms with E-state index in [1.807, 2.05) is 0 Å². The zero-order chi connectivity index (χ0) is 18.6. The molecule has 0 bridgehead atoms. The first-order valence-corrected chi connectivity index (χ1v) is 9.78. The Morgan fingerprint density at radius 3 is 1.33 bits per heavy atom. The van der Waals surface area contributed by atoms with Gasteiger partial charge in [0.2, 0.25) is 0 Å². The zero-order valence-electron chi connectivity index (χ0n) is 16.5. The molecule has 0 unspecified atom stereocenters. The maximum Gasteiger partial charge on any atom is 0.417 e. The van der Waals surface area contributed by atoms with Crippen molar-refractivity contribution in [1.29, 1.82) is 0 Å². The molecule has 1 N–H and O–H groups in total. The number of carboxylic acids is 1. The SMILES string of the molecule is CCCC(CCC)(CCC)C(CCC)(CCC)COC(=O)C(=O)O. The lowest BCUT2D eigenvalue weighted by atomic mass is 9.54. The van der Waals surface area contributed by atoms with Crippen molar-refractivity contribution in [3.05, 3.63) is 0 Å². The van der Waals surface area contributed by atoms with Crippen molar-refractivity contribution in [2.24, 2.45) is 10.8 Å². The quantitative estimate of drug-likeness (QED) is 0.350. The molecular formula is C20H38O4. The van der Waals surface area contributed by atoms with Gasteiger partial charge in [0.05, 0.1) is 6.61 Å². The number of hydrogen-bond donors (Lipinski definition) is 1. The number of aliphatic carboxylic acids is 1. The topological polar surface area (TPSA) is 63.6 Å². The zero-order valence-corrected chi connectivity index (χ0v) is 16.5. The lowest BCUT2D eigenvalue weighted by Crippen LogP contribution is -2.46. The first-order chi connectivity index (χ1) is 11.4. The van der Waals surface area contributed by atoms with Crippen LogP contribution in [0.3, 0.4) is 0 Å². The molecule has 0 saturated heterocycles. The van der Waals surface area contributed by atoms with Crippen molar-refractivity contribution in [3.63, 3.8) is 0 Å². The predicted octanol–water partition coefficient (Wildman–Crippen LogP) is 5.59. The van der Waals surface area contributed by atoms with E-state index in [2.05, 4.69) is 34.6 Å². The summed E-state index contributed by atoms with van der Waals surface area (Å²) in [6, 6.07) is 0.